The number of hydrogen-bond acceptors (Lipinski definition) is 6. The number of nitrogens with zero attached hydrogens (tertiary/aromatic N) is 3. The first-order valence-corrected chi connectivity index (χ1v) is 9.90. The molecule has 162 valence electrons. The van der Waals surface area contributed by atoms with Crippen LogP contribution in [0.1, 0.15) is 29.0 Å². The molecule has 1 heterocycles. The molecule has 1 aliphatic rings. The Kier molecular flexibility index (Phi) is 5.50. The number of carbonyl (C=O) groups excluding carboxylic acids is 2. The van der Waals surface area contributed by atoms with E-state index in [0.29, 0.717) is 17.1 Å². The van der Waals surface area contributed by atoms with Crippen molar-refractivity contribution in [3.63, 3.8) is 0 Å². The lowest BCUT2D eigenvalue weighted by Gasteiger charge is -2.12. The maximum absolute atomic E-state index is 12.8. The van der Waals surface area contributed by atoms with Gasteiger partial charge in [0.25, 0.3) is 11.6 Å². The number of nitro benzene ring substituents is 1. The van der Waals surface area contributed by atoms with Crippen molar-refractivity contribution in [3.05, 3.63) is 86.3 Å². The van der Waals surface area contributed by atoms with Gasteiger partial charge in [-0.15, -0.1) is 0 Å². The van der Waals surface area contributed by atoms with Gasteiger partial charge in [-0.3, -0.25) is 24.5 Å². The standard InChI is InChI=1S/C22H19N5O5/c1-13-11-19(28)20(25-26(13)17-7-2-3-8-18(17)27(31)32)22(30)24-16-6-4-5-15(12-16)23-21(29)14-9-10-14/h2-8,11-12,14H,9-10H2,1H3,(H,23,29)(H,24,30). The Labute approximate surface area is 182 Å². The van der Waals surface area contributed by atoms with Crippen LogP contribution in [0.5, 0.6) is 0 Å². The molecule has 3 aromatic rings. The molecular weight excluding hydrogens is 414 g/mol. The number of nitro groups is 1. The van der Waals surface area contributed by atoms with Gasteiger partial charge in [0, 0.05) is 35.1 Å². The Morgan fingerprint density at radius 2 is 1.75 bits per heavy atom. The van der Waals surface area contributed by atoms with E-state index in [4.69, 9.17) is 0 Å². The Morgan fingerprint density at radius 3 is 2.44 bits per heavy atom. The molecule has 0 bridgehead atoms. The van der Waals surface area contributed by atoms with Crippen molar-refractivity contribution in [3.8, 4) is 5.69 Å². The van der Waals surface area contributed by atoms with Gasteiger partial charge in [0.15, 0.2) is 5.69 Å². The molecule has 0 unspecified atom stereocenters. The molecule has 2 aromatic carbocycles. The van der Waals surface area contributed by atoms with Crippen LogP contribution in [0.15, 0.2) is 59.4 Å². The van der Waals surface area contributed by atoms with Gasteiger partial charge in [0.1, 0.15) is 5.69 Å². The summed E-state index contributed by atoms with van der Waals surface area (Å²) in [6, 6.07) is 13.7. The molecule has 2 N–H and O–H groups in total. The molecule has 10 nitrogen and oxygen atoms in total. The van der Waals surface area contributed by atoms with E-state index in [1.54, 1.807) is 37.3 Å². The molecule has 10 heteroatoms. The molecule has 0 saturated heterocycles. The van der Waals surface area contributed by atoms with Crippen LogP contribution in [-0.2, 0) is 4.79 Å². The Bertz CT molecular complexity index is 1300. The molecule has 32 heavy (non-hydrogen) atoms. The molecule has 0 atom stereocenters. The van der Waals surface area contributed by atoms with E-state index in [-0.39, 0.29) is 23.2 Å². The fourth-order valence-corrected chi connectivity index (χ4v) is 3.20. The highest BCUT2D eigenvalue weighted by molar-refractivity contribution is 6.03. The SMILES string of the molecule is Cc1cc(=O)c(C(=O)Nc2cccc(NC(=O)C3CC3)c2)nn1-c1ccccc1[N+](=O)[O-]. The lowest BCUT2D eigenvalue weighted by molar-refractivity contribution is -0.384. The van der Waals surface area contributed by atoms with Crippen molar-refractivity contribution in [1.82, 2.24) is 9.78 Å². The van der Waals surface area contributed by atoms with Crippen molar-refractivity contribution >= 4 is 28.9 Å². The topological polar surface area (TPSA) is 136 Å². The second-order valence-electron chi connectivity index (χ2n) is 7.45. The van der Waals surface area contributed by atoms with E-state index in [0.717, 1.165) is 12.8 Å². The van der Waals surface area contributed by atoms with Crippen LogP contribution in [0.25, 0.3) is 5.69 Å². The lowest BCUT2D eigenvalue weighted by atomic mass is 10.2. The highest BCUT2D eigenvalue weighted by Crippen LogP contribution is 2.30. The number of aryl methyl sites for hydroxylation is 1. The summed E-state index contributed by atoms with van der Waals surface area (Å²) in [6.07, 6.45) is 1.74. The number of anilines is 2. The number of rotatable bonds is 6. The summed E-state index contributed by atoms with van der Waals surface area (Å²) in [4.78, 5) is 48.0. The average molecular weight is 433 g/mol. The molecule has 1 aliphatic carbocycles. The molecular formula is C22H19N5O5. The molecule has 0 radical (unpaired) electrons. The summed E-state index contributed by atoms with van der Waals surface area (Å²) in [7, 11) is 0. The summed E-state index contributed by atoms with van der Waals surface area (Å²) >= 11 is 0. The van der Waals surface area contributed by atoms with Gasteiger partial charge in [-0.05, 0) is 44.0 Å². The average Bonchev–Trinajstić information content (AvgIpc) is 3.59. The number of hydrogen-bond donors (Lipinski definition) is 2. The zero-order valence-electron chi connectivity index (χ0n) is 17.1. The number of nitrogens with one attached hydrogen (secondary N) is 2. The molecule has 0 spiro atoms. The first-order chi connectivity index (χ1) is 15.3. The third-order valence-electron chi connectivity index (χ3n) is 4.97. The third kappa shape index (κ3) is 4.38. The van der Waals surface area contributed by atoms with Gasteiger partial charge in [-0.25, -0.2) is 4.68 Å². The van der Waals surface area contributed by atoms with Crippen molar-refractivity contribution in [1.29, 1.82) is 0 Å². The van der Waals surface area contributed by atoms with E-state index < -0.39 is 22.0 Å². The van der Waals surface area contributed by atoms with Crippen LogP contribution in [0, 0.1) is 23.0 Å². The first kappa shape index (κ1) is 20.9. The summed E-state index contributed by atoms with van der Waals surface area (Å²) in [5.74, 6) is -0.806. The number of carbonyl (C=O) groups is 2. The molecule has 1 fully saturated rings. The fraction of sp³-hybridized carbons (Fsp3) is 0.182. The Balaban J connectivity index is 1.62. The van der Waals surface area contributed by atoms with Gasteiger partial charge >= 0.3 is 0 Å². The van der Waals surface area contributed by atoms with Crippen LogP contribution in [0.4, 0.5) is 17.1 Å². The molecule has 1 saturated carbocycles. The smallest absolute Gasteiger partial charge is 0.294 e. The van der Waals surface area contributed by atoms with Gasteiger partial charge < -0.3 is 10.6 Å². The van der Waals surface area contributed by atoms with E-state index in [2.05, 4.69) is 15.7 Å². The predicted molar refractivity (Wildman–Crippen MR) is 117 cm³/mol. The fourth-order valence-electron chi connectivity index (χ4n) is 3.20. The minimum Gasteiger partial charge on any atom is -0.326 e. The zero-order chi connectivity index (χ0) is 22.8. The van der Waals surface area contributed by atoms with Crippen LogP contribution in [0.2, 0.25) is 0 Å². The number of benzene rings is 2. The van der Waals surface area contributed by atoms with Crippen molar-refractivity contribution < 1.29 is 14.5 Å². The highest BCUT2D eigenvalue weighted by atomic mass is 16.6. The number of aromatic nitrogens is 2. The van der Waals surface area contributed by atoms with Crippen LogP contribution < -0.4 is 16.1 Å². The summed E-state index contributed by atoms with van der Waals surface area (Å²) < 4.78 is 1.20. The van der Waals surface area contributed by atoms with Crippen molar-refractivity contribution in [2.45, 2.75) is 19.8 Å². The maximum Gasteiger partial charge on any atom is 0.294 e. The van der Waals surface area contributed by atoms with Crippen molar-refractivity contribution in [2.75, 3.05) is 10.6 Å². The van der Waals surface area contributed by atoms with Crippen LogP contribution in [0.3, 0.4) is 0 Å². The quantitative estimate of drug-likeness (QED) is 0.453. The first-order valence-electron chi connectivity index (χ1n) is 9.90. The molecule has 2 amide bonds. The highest BCUT2D eigenvalue weighted by Gasteiger charge is 2.29. The summed E-state index contributed by atoms with van der Waals surface area (Å²) in [5.41, 5.74) is 0.113. The normalized spacial score (nSPS) is 12.8. The lowest BCUT2D eigenvalue weighted by Crippen LogP contribution is -2.27. The molecule has 1 aromatic heterocycles. The second kappa shape index (κ2) is 8.42. The molecule has 4 rings (SSSR count). The minimum atomic E-state index is -0.770. The van der Waals surface area contributed by atoms with E-state index in [1.165, 1.54) is 28.9 Å². The number of amides is 2. The van der Waals surface area contributed by atoms with Gasteiger partial charge in [0.2, 0.25) is 11.3 Å². The Morgan fingerprint density at radius 1 is 1.06 bits per heavy atom. The Hall–Kier alpha value is -4.34. The molecule has 0 aliphatic heterocycles. The largest absolute Gasteiger partial charge is 0.326 e. The third-order valence-corrected chi connectivity index (χ3v) is 4.97. The van der Waals surface area contributed by atoms with Crippen molar-refractivity contribution in [2.24, 2.45) is 5.92 Å². The summed E-state index contributed by atoms with van der Waals surface area (Å²) in [5, 5.41) is 20.9. The summed E-state index contributed by atoms with van der Waals surface area (Å²) in [6.45, 7) is 1.57. The van der Waals surface area contributed by atoms with Crippen LogP contribution in [-0.4, -0.2) is 26.5 Å². The predicted octanol–water partition coefficient (Wildman–Crippen LogP) is 3.05. The minimum absolute atomic E-state index is 0.0329. The van der Waals surface area contributed by atoms with Gasteiger partial charge in [-0.2, -0.15) is 5.10 Å². The van der Waals surface area contributed by atoms with E-state index in [1.807, 2.05) is 0 Å². The zero-order valence-corrected chi connectivity index (χ0v) is 17.1. The maximum atomic E-state index is 12.8. The monoisotopic (exact) mass is 433 g/mol. The second-order valence-corrected chi connectivity index (χ2v) is 7.45. The van der Waals surface area contributed by atoms with Crippen LogP contribution >= 0.6 is 0 Å². The van der Waals surface area contributed by atoms with E-state index in [9.17, 15) is 24.5 Å². The van der Waals surface area contributed by atoms with E-state index >= 15 is 0 Å². The van der Waals surface area contributed by atoms with Gasteiger partial charge in [0.05, 0.1) is 4.92 Å². The number of para-hydroxylation sites is 2. The van der Waals surface area contributed by atoms with Gasteiger partial charge in [-0.1, -0.05) is 18.2 Å².